The molecule has 0 aliphatic heterocycles. The Labute approximate surface area is 106 Å². The van der Waals surface area contributed by atoms with Crippen molar-refractivity contribution in [3.63, 3.8) is 0 Å². The van der Waals surface area contributed by atoms with Crippen molar-refractivity contribution in [3.05, 3.63) is 53.7 Å². The molecule has 1 unspecified atom stereocenters. The van der Waals surface area contributed by atoms with Gasteiger partial charge in [0.1, 0.15) is 11.6 Å². The summed E-state index contributed by atoms with van der Waals surface area (Å²) in [6.45, 7) is 0. The highest BCUT2D eigenvalue weighted by atomic mass is 16.5. The lowest BCUT2D eigenvalue weighted by atomic mass is 10.0. The van der Waals surface area contributed by atoms with Gasteiger partial charge in [0, 0.05) is 18.2 Å². The largest absolute Gasteiger partial charge is 0.496 e. The van der Waals surface area contributed by atoms with Gasteiger partial charge in [-0.15, -0.1) is 0 Å². The molecule has 0 saturated carbocycles. The number of para-hydroxylation sites is 1. The Balaban J connectivity index is 2.22. The van der Waals surface area contributed by atoms with E-state index in [9.17, 15) is 5.11 Å². The summed E-state index contributed by atoms with van der Waals surface area (Å²) in [6, 6.07) is 11.1. The second-order valence-corrected chi connectivity index (χ2v) is 4.01. The summed E-state index contributed by atoms with van der Waals surface area (Å²) in [5, 5.41) is 10.2. The maximum atomic E-state index is 10.2. The Hall–Kier alpha value is -2.07. The first-order valence-electron chi connectivity index (χ1n) is 5.72. The summed E-state index contributed by atoms with van der Waals surface area (Å²) in [5.41, 5.74) is 7.35. The van der Waals surface area contributed by atoms with Crippen molar-refractivity contribution in [2.45, 2.75) is 12.5 Å². The van der Waals surface area contributed by atoms with E-state index < -0.39 is 6.10 Å². The number of anilines is 1. The van der Waals surface area contributed by atoms with E-state index in [1.165, 1.54) is 0 Å². The fourth-order valence-electron chi connectivity index (χ4n) is 1.88. The minimum Gasteiger partial charge on any atom is -0.496 e. The molecule has 0 amide bonds. The highest BCUT2D eigenvalue weighted by Gasteiger charge is 2.14. The van der Waals surface area contributed by atoms with Crippen molar-refractivity contribution in [1.29, 1.82) is 0 Å². The van der Waals surface area contributed by atoms with E-state index in [1.807, 2.05) is 30.3 Å². The number of hydrogen-bond donors (Lipinski definition) is 2. The number of aliphatic hydroxyl groups excluding tert-OH is 1. The Morgan fingerprint density at radius 1 is 1.28 bits per heavy atom. The topological polar surface area (TPSA) is 68.4 Å². The summed E-state index contributed by atoms with van der Waals surface area (Å²) < 4.78 is 5.23. The normalized spacial score (nSPS) is 12.1. The number of methoxy groups -OCH3 is 1. The van der Waals surface area contributed by atoms with Gasteiger partial charge in [-0.1, -0.05) is 24.3 Å². The molecule has 0 radical (unpaired) electrons. The molecule has 1 atom stereocenters. The second kappa shape index (κ2) is 5.51. The lowest BCUT2D eigenvalue weighted by Crippen LogP contribution is -2.06. The molecular weight excluding hydrogens is 228 g/mol. The van der Waals surface area contributed by atoms with Crippen molar-refractivity contribution in [3.8, 4) is 5.75 Å². The first-order valence-corrected chi connectivity index (χ1v) is 5.72. The molecule has 4 heteroatoms. The number of aromatic nitrogens is 1. The molecule has 2 aromatic rings. The van der Waals surface area contributed by atoms with Crippen LogP contribution in [0.25, 0.3) is 0 Å². The van der Waals surface area contributed by atoms with Gasteiger partial charge in [0.25, 0.3) is 0 Å². The molecule has 3 N–H and O–H groups in total. The Morgan fingerprint density at radius 3 is 2.78 bits per heavy atom. The monoisotopic (exact) mass is 244 g/mol. The van der Waals surface area contributed by atoms with Crippen molar-refractivity contribution in [1.82, 2.24) is 4.98 Å². The molecule has 0 aliphatic rings. The van der Waals surface area contributed by atoms with Gasteiger partial charge in [-0.2, -0.15) is 0 Å². The summed E-state index contributed by atoms with van der Waals surface area (Å²) in [4.78, 5) is 4.00. The second-order valence-electron chi connectivity index (χ2n) is 4.01. The van der Waals surface area contributed by atoms with E-state index in [4.69, 9.17) is 10.5 Å². The summed E-state index contributed by atoms with van der Waals surface area (Å²) >= 11 is 0. The molecule has 0 spiro atoms. The molecular formula is C14H16N2O2. The molecule has 2 rings (SSSR count). The maximum Gasteiger partial charge on any atom is 0.126 e. The number of hydrogen-bond acceptors (Lipinski definition) is 4. The third-order valence-corrected chi connectivity index (χ3v) is 2.84. The van der Waals surface area contributed by atoms with E-state index in [-0.39, 0.29) is 0 Å². The highest BCUT2D eigenvalue weighted by molar-refractivity contribution is 5.41. The summed E-state index contributed by atoms with van der Waals surface area (Å²) in [5.74, 6) is 1.12. The Kier molecular flexibility index (Phi) is 3.79. The van der Waals surface area contributed by atoms with Gasteiger partial charge in [-0.3, -0.25) is 0 Å². The van der Waals surface area contributed by atoms with Crippen LogP contribution in [-0.4, -0.2) is 17.2 Å². The van der Waals surface area contributed by atoms with Gasteiger partial charge < -0.3 is 15.6 Å². The van der Waals surface area contributed by atoms with Crippen molar-refractivity contribution in [2.24, 2.45) is 0 Å². The minimum absolute atomic E-state index is 0.417. The van der Waals surface area contributed by atoms with Crippen molar-refractivity contribution in [2.75, 3.05) is 12.8 Å². The molecule has 1 aromatic carbocycles. The zero-order valence-corrected chi connectivity index (χ0v) is 10.2. The molecule has 1 aromatic heterocycles. The smallest absolute Gasteiger partial charge is 0.126 e. The fraction of sp³-hybridized carbons (Fsp3) is 0.214. The maximum absolute atomic E-state index is 10.2. The zero-order valence-electron chi connectivity index (χ0n) is 10.2. The Morgan fingerprint density at radius 2 is 2.06 bits per heavy atom. The Bertz CT molecular complexity index is 529. The average molecular weight is 244 g/mol. The van der Waals surface area contributed by atoms with Crippen molar-refractivity contribution < 1.29 is 9.84 Å². The standard InChI is InChI=1S/C14H16N2O2/c1-18-13-7-3-2-6-11(13)12(17)9-10-5-4-8-16-14(10)15/h2-8,12,17H,9H2,1H3,(H2,15,16). The van der Waals surface area contributed by atoms with Crippen LogP contribution in [0.2, 0.25) is 0 Å². The minimum atomic E-state index is -0.660. The highest BCUT2D eigenvalue weighted by Crippen LogP contribution is 2.28. The number of rotatable bonds is 4. The molecule has 0 bridgehead atoms. The first-order chi connectivity index (χ1) is 8.72. The summed E-state index contributed by atoms with van der Waals surface area (Å²) in [7, 11) is 1.59. The average Bonchev–Trinajstić information content (AvgIpc) is 2.41. The van der Waals surface area contributed by atoms with Crippen LogP contribution in [0.15, 0.2) is 42.6 Å². The molecule has 0 saturated heterocycles. The predicted molar refractivity (Wildman–Crippen MR) is 70.3 cm³/mol. The molecule has 1 heterocycles. The van der Waals surface area contributed by atoms with Gasteiger partial charge >= 0.3 is 0 Å². The van der Waals surface area contributed by atoms with Crippen LogP contribution in [0.5, 0.6) is 5.75 Å². The molecule has 18 heavy (non-hydrogen) atoms. The van der Waals surface area contributed by atoms with Gasteiger partial charge in [0.05, 0.1) is 13.2 Å². The lowest BCUT2D eigenvalue weighted by Gasteiger charge is -2.15. The van der Waals surface area contributed by atoms with E-state index >= 15 is 0 Å². The number of nitrogens with zero attached hydrogens (tertiary/aromatic N) is 1. The molecule has 0 fully saturated rings. The van der Waals surface area contributed by atoms with Gasteiger partial charge in [0.2, 0.25) is 0 Å². The fourth-order valence-corrected chi connectivity index (χ4v) is 1.88. The van der Waals surface area contributed by atoms with Crippen LogP contribution >= 0.6 is 0 Å². The van der Waals surface area contributed by atoms with Crippen LogP contribution in [0.3, 0.4) is 0 Å². The van der Waals surface area contributed by atoms with E-state index in [0.29, 0.717) is 18.0 Å². The number of nitrogens with two attached hydrogens (primary N) is 1. The number of ether oxygens (including phenoxy) is 1. The van der Waals surface area contributed by atoms with Gasteiger partial charge in [0.15, 0.2) is 0 Å². The first kappa shape index (κ1) is 12.4. The van der Waals surface area contributed by atoms with Crippen LogP contribution < -0.4 is 10.5 Å². The van der Waals surface area contributed by atoms with Crippen molar-refractivity contribution >= 4 is 5.82 Å². The number of pyridine rings is 1. The number of nitrogen functional groups attached to an aromatic ring is 1. The van der Waals surface area contributed by atoms with Crippen LogP contribution in [-0.2, 0) is 6.42 Å². The number of benzene rings is 1. The van der Waals surface area contributed by atoms with Crippen LogP contribution in [0.4, 0.5) is 5.82 Å². The van der Waals surface area contributed by atoms with Crippen LogP contribution in [0.1, 0.15) is 17.2 Å². The van der Waals surface area contributed by atoms with Gasteiger partial charge in [-0.25, -0.2) is 4.98 Å². The molecule has 4 nitrogen and oxygen atoms in total. The zero-order chi connectivity index (χ0) is 13.0. The SMILES string of the molecule is COc1ccccc1C(O)Cc1cccnc1N. The number of aliphatic hydroxyl groups is 1. The summed E-state index contributed by atoms with van der Waals surface area (Å²) in [6.07, 6.45) is 1.39. The quantitative estimate of drug-likeness (QED) is 0.862. The third-order valence-electron chi connectivity index (χ3n) is 2.84. The van der Waals surface area contributed by atoms with E-state index in [0.717, 1.165) is 11.1 Å². The predicted octanol–water partition coefficient (Wildman–Crippen LogP) is 1.95. The molecule has 94 valence electrons. The molecule has 0 aliphatic carbocycles. The van der Waals surface area contributed by atoms with E-state index in [1.54, 1.807) is 19.4 Å². The third kappa shape index (κ3) is 2.60. The van der Waals surface area contributed by atoms with E-state index in [2.05, 4.69) is 4.98 Å². The van der Waals surface area contributed by atoms with Crippen LogP contribution in [0, 0.1) is 0 Å². The van der Waals surface area contributed by atoms with Gasteiger partial charge in [-0.05, 0) is 17.7 Å². The lowest BCUT2D eigenvalue weighted by molar-refractivity contribution is 0.174.